The minimum Gasteiger partial charge on any atom is -0.497 e. The zero-order chi connectivity index (χ0) is 39.2. The van der Waals surface area contributed by atoms with Gasteiger partial charge in [0.2, 0.25) is 5.91 Å². The van der Waals surface area contributed by atoms with Crippen LogP contribution in [0.4, 0.5) is 25.0 Å². The van der Waals surface area contributed by atoms with Crippen molar-refractivity contribution in [3.8, 4) is 28.0 Å². The Kier molecular flexibility index (Phi) is 9.65. The fraction of sp³-hybridized carbons (Fsp3) is 0.310. The fourth-order valence-corrected chi connectivity index (χ4v) is 8.19. The molecule has 3 aromatic carbocycles. The molecule has 0 bridgehead atoms. The first-order chi connectivity index (χ1) is 27.0. The van der Waals surface area contributed by atoms with Gasteiger partial charge >= 0.3 is 6.09 Å². The zero-order valence-electron chi connectivity index (χ0n) is 31.0. The number of halogens is 2. The van der Waals surface area contributed by atoms with Crippen molar-refractivity contribution in [2.45, 2.75) is 57.7 Å². The molecule has 1 atom stereocenters. The van der Waals surface area contributed by atoms with Gasteiger partial charge in [0.1, 0.15) is 11.8 Å². The number of carboxylic acid groups (broad SMARTS) is 1. The molecule has 56 heavy (non-hydrogen) atoms. The highest BCUT2D eigenvalue weighted by Gasteiger charge is 2.36. The third kappa shape index (κ3) is 6.80. The highest BCUT2D eigenvalue weighted by molar-refractivity contribution is 5.99. The number of pyridine rings is 1. The smallest absolute Gasteiger partial charge is 0.407 e. The van der Waals surface area contributed by atoms with Crippen LogP contribution in [0.1, 0.15) is 59.5 Å². The van der Waals surface area contributed by atoms with Gasteiger partial charge in [-0.15, -0.1) is 0 Å². The number of hydrogen-bond acceptors (Lipinski definition) is 7. The molecule has 1 saturated heterocycles. The van der Waals surface area contributed by atoms with Crippen LogP contribution in [0.2, 0.25) is 0 Å². The highest BCUT2D eigenvalue weighted by atomic mass is 19.3. The Bertz CT molecular complexity index is 2430. The van der Waals surface area contributed by atoms with Crippen LogP contribution in [-0.2, 0) is 42.6 Å². The van der Waals surface area contributed by atoms with Crippen molar-refractivity contribution < 1.29 is 33.0 Å². The third-order valence-corrected chi connectivity index (χ3v) is 11.1. The molecule has 3 amide bonds. The molecule has 5 heterocycles. The predicted molar refractivity (Wildman–Crippen MR) is 204 cm³/mol. The van der Waals surface area contributed by atoms with Crippen LogP contribution >= 0.6 is 0 Å². The number of piperidine rings is 1. The van der Waals surface area contributed by atoms with E-state index in [1.807, 2.05) is 23.1 Å². The van der Waals surface area contributed by atoms with Gasteiger partial charge in [0.15, 0.2) is 0 Å². The number of carbonyl (C=O) groups excluding carboxylic acids is 2. The minimum absolute atomic E-state index is 0.0748. The molecule has 0 saturated carbocycles. The van der Waals surface area contributed by atoms with Crippen LogP contribution in [-0.4, -0.2) is 67.4 Å². The molecule has 12 nitrogen and oxygen atoms in total. The summed E-state index contributed by atoms with van der Waals surface area (Å²) in [5.74, 6) is -0.104. The lowest BCUT2D eigenvalue weighted by Gasteiger charge is -2.37. The van der Waals surface area contributed by atoms with Gasteiger partial charge in [-0.2, -0.15) is 5.10 Å². The van der Waals surface area contributed by atoms with Crippen molar-refractivity contribution in [1.82, 2.24) is 24.1 Å². The number of anilines is 2. The maximum atomic E-state index is 14.7. The van der Waals surface area contributed by atoms with Crippen molar-refractivity contribution >= 4 is 29.3 Å². The number of aromatic nitrogens is 3. The highest BCUT2D eigenvalue weighted by Crippen LogP contribution is 2.44. The molecule has 0 spiro atoms. The molecule has 1 N–H and O–H groups in total. The fourth-order valence-electron chi connectivity index (χ4n) is 8.19. The Morgan fingerprint density at radius 2 is 1.73 bits per heavy atom. The van der Waals surface area contributed by atoms with Crippen LogP contribution in [0, 0.1) is 0 Å². The van der Waals surface area contributed by atoms with E-state index in [-0.39, 0.29) is 43.9 Å². The molecular formula is C42H40F2N6O6. The number of nitrogens with zero attached hydrogens (tertiary/aromatic N) is 6. The van der Waals surface area contributed by atoms with Gasteiger partial charge < -0.3 is 24.2 Å². The van der Waals surface area contributed by atoms with Crippen LogP contribution in [0.15, 0.2) is 84.0 Å². The summed E-state index contributed by atoms with van der Waals surface area (Å²) in [5, 5.41) is 14.1. The van der Waals surface area contributed by atoms with Crippen molar-refractivity contribution in [1.29, 1.82) is 0 Å². The number of imide groups is 1. The van der Waals surface area contributed by atoms with E-state index in [1.54, 1.807) is 73.8 Å². The average Bonchev–Trinajstić information content (AvgIpc) is 3.64. The van der Waals surface area contributed by atoms with Gasteiger partial charge in [0, 0.05) is 67.5 Å². The second-order valence-corrected chi connectivity index (χ2v) is 14.5. The Labute approximate surface area is 321 Å². The summed E-state index contributed by atoms with van der Waals surface area (Å²) in [6.07, 6.45) is 3.21. The van der Waals surface area contributed by atoms with E-state index in [0.717, 1.165) is 28.7 Å². The van der Waals surface area contributed by atoms with E-state index in [9.17, 15) is 33.1 Å². The van der Waals surface area contributed by atoms with Gasteiger partial charge in [0.05, 0.1) is 26.4 Å². The van der Waals surface area contributed by atoms with Crippen LogP contribution in [0.3, 0.4) is 0 Å². The monoisotopic (exact) mass is 762 g/mol. The molecule has 3 aliphatic rings. The molecule has 1 fully saturated rings. The Morgan fingerprint density at radius 1 is 0.929 bits per heavy atom. The molecular weight excluding hydrogens is 722 g/mol. The van der Waals surface area contributed by atoms with E-state index in [1.165, 1.54) is 20.4 Å². The van der Waals surface area contributed by atoms with E-state index in [4.69, 9.17) is 4.74 Å². The van der Waals surface area contributed by atoms with Crippen molar-refractivity contribution in [2.75, 3.05) is 25.1 Å². The number of benzene rings is 3. The van der Waals surface area contributed by atoms with Crippen LogP contribution in [0.5, 0.6) is 5.75 Å². The summed E-state index contributed by atoms with van der Waals surface area (Å²) >= 11 is 0. The lowest BCUT2D eigenvalue weighted by Crippen LogP contribution is -2.47. The summed E-state index contributed by atoms with van der Waals surface area (Å²) in [7, 11) is 3.29. The summed E-state index contributed by atoms with van der Waals surface area (Å²) in [5.41, 5.74) is 6.43. The molecule has 3 aliphatic heterocycles. The molecule has 8 rings (SSSR count). The maximum Gasteiger partial charge on any atom is 0.407 e. The predicted octanol–water partition coefficient (Wildman–Crippen LogP) is 6.87. The largest absolute Gasteiger partial charge is 0.497 e. The Balaban J connectivity index is 1.16. The standard InChI is InChI=1S/C42H40F2N6O6/c1-46-23-30(21-45-46)32-17-28-4-3-13-48(36(28)20-33(32)40(43)44)37-18-29(16-27-11-14-47(42(54)55)24-34(27)37)26-12-15-49(39(52)19-26)35-9-10-38(51)50(41(35)53)22-25-5-7-31(56-2)8-6-25/h5-8,12,15-21,23,35,40H,3-4,9-11,13-14,22,24H2,1-2H3,(H,54,55). The minimum atomic E-state index is -2.75. The van der Waals surface area contributed by atoms with E-state index >= 15 is 0 Å². The lowest BCUT2D eigenvalue weighted by atomic mass is 9.89. The van der Waals surface area contributed by atoms with E-state index in [2.05, 4.69) is 5.10 Å². The van der Waals surface area contributed by atoms with E-state index < -0.39 is 30.0 Å². The molecule has 5 aromatic rings. The number of aryl methyl sites for hydroxylation is 2. The average molecular weight is 763 g/mol. The van der Waals surface area contributed by atoms with Gasteiger partial charge in [-0.05, 0) is 101 Å². The van der Waals surface area contributed by atoms with Gasteiger partial charge in [-0.3, -0.25) is 24.0 Å². The first-order valence-corrected chi connectivity index (χ1v) is 18.5. The molecule has 14 heteroatoms. The molecule has 0 aliphatic carbocycles. The number of ether oxygens (including phenoxy) is 1. The summed E-state index contributed by atoms with van der Waals surface area (Å²) in [4.78, 5) is 57.1. The molecule has 0 radical (unpaired) electrons. The number of methoxy groups -OCH3 is 1. The van der Waals surface area contributed by atoms with Crippen molar-refractivity contribution in [3.63, 3.8) is 0 Å². The zero-order valence-corrected chi connectivity index (χ0v) is 31.0. The third-order valence-electron chi connectivity index (χ3n) is 11.1. The number of amides is 3. The first kappa shape index (κ1) is 36.7. The number of fused-ring (bicyclic) bond motifs is 2. The normalized spacial score (nSPS) is 16.9. The molecule has 288 valence electrons. The number of rotatable bonds is 8. The van der Waals surface area contributed by atoms with Gasteiger partial charge in [-0.1, -0.05) is 18.2 Å². The SMILES string of the molecule is COc1ccc(CN2C(=O)CCC(n3ccc(-c4cc5c(c(N6CCCc7cc(-c8cnn(C)c8)c(C(F)F)cc76)c4)CN(C(=O)O)CC5)cc3=O)C2=O)cc1. The lowest BCUT2D eigenvalue weighted by molar-refractivity contribution is -0.151. The number of carbonyl (C=O) groups is 3. The number of hydrogen-bond donors (Lipinski definition) is 1. The van der Waals surface area contributed by atoms with Gasteiger partial charge in [0.25, 0.3) is 17.9 Å². The van der Waals surface area contributed by atoms with Crippen LogP contribution in [0.25, 0.3) is 22.3 Å². The molecule has 1 unspecified atom stereocenters. The summed E-state index contributed by atoms with van der Waals surface area (Å²) in [6.45, 7) is 0.995. The quantitative estimate of drug-likeness (QED) is 0.170. The second-order valence-electron chi connectivity index (χ2n) is 14.5. The number of likely N-dealkylation sites (tertiary alicyclic amines) is 1. The summed E-state index contributed by atoms with van der Waals surface area (Å²) in [6, 6.07) is 16.7. The number of alkyl halides is 2. The van der Waals surface area contributed by atoms with Crippen LogP contribution < -0.4 is 15.2 Å². The van der Waals surface area contributed by atoms with E-state index in [0.29, 0.717) is 58.8 Å². The summed E-state index contributed by atoms with van der Waals surface area (Å²) < 4.78 is 37.6. The Morgan fingerprint density at radius 3 is 2.43 bits per heavy atom. The molecule has 2 aromatic heterocycles. The van der Waals surface area contributed by atoms with Gasteiger partial charge in [-0.25, -0.2) is 13.6 Å². The first-order valence-electron chi connectivity index (χ1n) is 18.5. The second kappa shape index (κ2) is 14.7. The topological polar surface area (TPSA) is 130 Å². The maximum absolute atomic E-state index is 14.7. The Hall–Kier alpha value is -6.31. The van der Waals surface area contributed by atoms with Crippen molar-refractivity contribution in [3.05, 3.63) is 117 Å². The van der Waals surface area contributed by atoms with Crippen molar-refractivity contribution in [2.24, 2.45) is 7.05 Å².